The van der Waals surface area contributed by atoms with Gasteiger partial charge >= 0.3 is 0 Å². The number of amides is 1. The monoisotopic (exact) mass is 479 g/mol. The van der Waals surface area contributed by atoms with Gasteiger partial charge in [0.25, 0.3) is 5.56 Å². The van der Waals surface area contributed by atoms with Gasteiger partial charge in [0.15, 0.2) is 16.7 Å². The Morgan fingerprint density at radius 1 is 1.03 bits per heavy atom. The van der Waals surface area contributed by atoms with Crippen LogP contribution in [0.25, 0.3) is 16.6 Å². The van der Waals surface area contributed by atoms with Crippen LogP contribution in [-0.2, 0) is 11.3 Å². The van der Waals surface area contributed by atoms with Gasteiger partial charge in [-0.15, -0.1) is 0 Å². The summed E-state index contributed by atoms with van der Waals surface area (Å²) < 4.78 is 25.2. The van der Waals surface area contributed by atoms with Gasteiger partial charge < -0.3 is 14.8 Å². The third-order valence-corrected chi connectivity index (χ3v) is 6.04. The Bertz CT molecular complexity index is 1390. The molecule has 0 atom stereocenters. The summed E-state index contributed by atoms with van der Waals surface area (Å²) >= 11 is 1.15. The molecule has 1 aromatic heterocycles. The molecule has 0 bridgehead atoms. The van der Waals surface area contributed by atoms with Crippen molar-refractivity contribution >= 4 is 28.6 Å². The molecule has 0 spiro atoms. The van der Waals surface area contributed by atoms with E-state index in [1.54, 1.807) is 54.6 Å². The Labute approximate surface area is 199 Å². The molecule has 174 valence electrons. The molecule has 0 radical (unpaired) electrons. The number of rotatable bonds is 8. The number of benzene rings is 3. The molecule has 7 nitrogen and oxygen atoms in total. The van der Waals surface area contributed by atoms with E-state index in [4.69, 9.17) is 9.47 Å². The van der Waals surface area contributed by atoms with E-state index in [0.717, 1.165) is 17.3 Å². The minimum absolute atomic E-state index is 0.0409. The Balaban J connectivity index is 1.63. The standard InChI is InChI=1S/C25H22FN3O4S/c1-32-21-12-11-18(13-22(21)33-2)29-24(31)19-5-3-4-6-20(19)28-25(29)34-15-23(30)27-14-16-7-9-17(26)10-8-16/h3-13H,14-15H2,1-2H3,(H,27,30). The van der Waals surface area contributed by atoms with E-state index < -0.39 is 0 Å². The minimum Gasteiger partial charge on any atom is -0.493 e. The molecule has 4 rings (SSSR count). The fraction of sp³-hybridized carbons (Fsp3) is 0.160. The highest BCUT2D eigenvalue weighted by molar-refractivity contribution is 7.99. The summed E-state index contributed by atoms with van der Waals surface area (Å²) in [4.78, 5) is 30.5. The number of nitrogens with one attached hydrogen (secondary N) is 1. The van der Waals surface area contributed by atoms with Crippen LogP contribution in [0.3, 0.4) is 0 Å². The van der Waals surface area contributed by atoms with Crippen molar-refractivity contribution in [2.75, 3.05) is 20.0 Å². The topological polar surface area (TPSA) is 82.5 Å². The number of aromatic nitrogens is 2. The molecule has 9 heteroatoms. The number of hydrogen-bond acceptors (Lipinski definition) is 6. The number of fused-ring (bicyclic) bond motifs is 1. The maximum absolute atomic E-state index is 13.4. The van der Waals surface area contributed by atoms with Crippen LogP contribution in [0, 0.1) is 5.82 Å². The molecule has 0 saturated carbocycles. The second-order valence-corrected chi connectivity index (χ2v) is 8.23. The van der Waals surface area contributed by atoms with Gasteiger partial charge in [-0.25, -0.2) is 9.37 Å². The largest absolute Gasteiger partial charge is 0.493 e. The number of carbonyl (C=O) groups excluding carboxylic acids is 1. The molecule has 1 heterocycles. The number of carbonyl (C=O) groups is 1. The molecule has 1 amide bonds. The average molecular weight is 480 g/mol. The summed E-state index contributed by atoms with van der Waals surface area (Å²) in [6.07, 6.45) is 0. The zero-order valence-corrected chi connectivity index (χ0v) is 19.4. The highest BCUT2D eigenvalue weighted by atomic mass is 32.2. The first-order valence-corrected chi connectivity index (χ1v) is 11.4. The Morgan fingerprint density at radius 2 is 1.76 bits per heavy atom. The molecular formula is C25H22FN3O4S. The van der Waals surface area contributed by atoms with Crippen molar-refractivity contribution < 1.29 is 18.7 Å². The van der Waals surface area contributed by atoms with Gasteiger partial charge in [-0.3, -0.25) is 14.2 Å². The van der Waals surface area contributed by atoms with E-state index in [-0.39, 0.29) is 29.6 Å². The number of ether oxygens (including phenoxy) is 2. The summed E-state index contributed by atoms with van der Waals surface area (Å²) in [6, 6.07) is 18.1. The first-order valence-electron chi connectivity index (χ1n) is 10.4. The summed E-state index contributed by atoms with van der Waals surface area (Å²) in [5.74, 6) is 0.464. The summed E-state index contributed by atoms with van der Waals surface area (Å²) in [7, 11) is 3.05. The summed E-state index contributed by atoms with van der Waals surface area (Å²) in [5, 5.41) is 3.63. The van der Waals surface area contributed by atoms with Crippen molar-refractivity contribution in [3.8, 4) is 17.2 Å². The van der Waals surface area contributed by atoms with Crippen LogP contribution in [0.15, 0.2) is 76.7 Å². The van der Waals surface area contributed by atoms with Crippen LogP contribution >= 0.6 is 11.8 Å². The number of hydrogen-bond donors (Lipinski definition) is 1. The molecule has 1 N–H and O–H groups in total. The number of methoxy groups -OCH3 is 2. The van der Waals surface area contributed by atoms with Gasteiger partial charge in [-0.2, -0.15) is 0 Å². The minimum atomic E-state index is -0.332. The van der Waals surface area contributed by atoms with Crippen LogP contribution in [0.4, 0.5) is 4.39 Å². The zero-order chi connectivity index (χ0) is 24.1. The van der Waals surface area contributed by atoms with E-state index in [1.165, 1.54) is 30.9 Å². The van der Waals surface area contributed by atoms with Crippen LogP contribution in [0.5, 0.6) is 11.5 Å². The third-order valence-electron chi connectivity index (χ3n) is 5.11. The van der Waals surface area contributed by atoms with Crippen LogP contribution < -0.4 is 20.3 Å². The molecule has 0 saturated heterocycles. The lowest BCUT2D eigenvalue weighted by atomic mass is 10.2. The molecule has 0 aliphatic rings. The van der Waals surface area contributed by atoms with Gasteiger partial charge in [0, 0.05) is 12.6 Å². The zero-order valence-electron chi connectivity index (χ0n) is 18.6. The second-order valence-electron chi connectivity index (χ2n) is 7.28. The van der Waals surface area contributed by atoms with Crippen molar-refractivity contribution in [3.05, 3.63) is 88.5 Å². The predicted molar refractivity (Wildman–Crippen MR) is 129 cm³/mol. The maximum atomic E-state index is 13.4. The average Bonchev–Trinajstić information content (AvgIpc) is 2.87. The Morgan fingerprint density at radius 3 is 2.50 bits per heavy atom. The molecule has 3 aromatic carbocycles. The first kappa shape index (κ1) is 23.3. The predicted octanol–water partition coefficient (Wildman–Crippen LogP) is 3.95. The van der Waals surface area contributed by atoms with Gasteiger partial charge in [0.2, 0.25) is 5.91 Å². The third kappa shape index (κ3) is 5.04. The van der Waals surface area contributed by atoms with E-state index in [0.29, 0.717) is 33.2 Å². The van der Waals surface area contributed by atoms with Crippen molar-refractivity contribution in [1.82, 2.24) is 14.9 Å². The molecular weight excluding hydrogens is 457 g/mol. The normalized spacial score (nSPS) is 10.8. The highest BCUT2D eigenvalue weighted by Gasteiger charge is 2.16. The SMILES string of the molecule is COc1ccc(-n2c(SCC(=O)NCc3ccc(F)cc3)nc3ccccc3c2=O)cc1OC. The Hall–Kier alpha value is -3.85. The number of thioether (sulfide) groups is 1. The van der Waals surface area contributed by atoms with E-state index in [1.807, 2.05) is 0 Å². The molecule has 0 unspecified atom stereocenters. The Kier molecular flexibility index (Phi) is 7.12. The van der Waals surface area contributed by atoms with Crippen molar-refractivity contribution in [2.24, 2.45) is 0 Å². The number of nitrogens with zero attached hydrogens (tertiary/aromatic N) is 2. The second kappa shape index (κ2) is 10.4. The van der Waals surface area contributed by atoms with Crippen molar-refractivity contribution in [2.45, 2.75) is 11.7 Å². The lowest BCUT2D eigenvalue weighted by Gasteiger charge is -2.15. The highest BCUT2D eigenvalue weighted by Crippen LogP contribution is 2.30. The van der Waals surface area contributed by atoms with Crippen LogP contribution in [0.1, 0.15) is 5.56 Å². The van der Waals surface area contributed by atoms with Crippen molar-refractivity contribution in [1.29, 1.82) is 0 Å². The molecule has 34 heavy (non-hydrogen) atoms. The van der Waals surface area contributed by atoms with Gasteiger partial charge in [-0.1, -0.05) is 36.0 Å². The van der Waals surface area contributed by atoms with E-state index in [2.05, 4.69) is 10.3 Å². The van der Waals surface area contributed by atoms with Gasteiger partial charge in [0.1, 0.15) is 5.82 Å². The van der Waals surface area contributed by atoms with Crippen LogP contribution in [-0.4, -0.2) is 35.4 Å². The number of halogens is 1. The summed E-state index contributed by atoms with van der Waals surface area (Å²) in [6.45, 7) is 0.271. The fourth-order valence-corrected chi connectivity index (χ4v) is 4.23. The van der Waals surface area contributed by atoms with Gasteiger partial charge in [-0.05, 0) is 42.0 Å². The molecule has 0 fully saturated rings. The first-order chi connectivity index (χ1) is 16.5. The fourth-order valence-electron chi connectivity index (χ4n) is 3.38. The molecule has 0 aliphatic heterocycles. The smallest absolute Gasteiger partial charge is 0.266 e. The van der Waals surface area contributed by atoms with E-state index >= 15 is 0 Å². The molecule has 0 aliphatic carbocycles. The van der Waals surface area contributed by atoms with Crippen LogP contribution in [0.2, 0.25) is 0 Å². The lowest BCUT2D eigenvalue weighted by molar-refractivity contribution is -0.118. The van der Waals surface area contributed by atoms with E-state index in [9.17, 15) is 14.0 Å². The lowest BCUT2D eigenvalue weighted by Crippen LogP contribution is -2.26. The quantitative estimate of drug-likeness (QED) is 0.304. The summed E-state index contributed by atoms with van der Waals surface area (Å²) in [5.41, 5.74) is 1.60. The van der Waals surface area contributed by atoms with Crippen molar-refractivity contribution in [3.63, 3.8) is 0 Å². The maximum Gasteiger partial charge on any atom is 0.266 e. The van der Waals surface area contributed by atoms with Gasteiger partial charge in [0.05, 0.1) is 36.6 Å². The number of para-hydroxylation sites is 1. The molecule has 4 aromatic rings.